The molecule has 3 N–H and O–H groups in total. The second-order valence-corrected chi connectivity index (χ2v) is 3.64. The Bertz CT molecular complexity index is 549. The third-order valence-corrected chi connectivity index (χ3v) is 2.24. The second kappa shape index (κ2) is 5.13. The Morgan fingerprint density at radius 1 is 1.22 bits per heavy atom. The molecule has 1 heterocycles. The molecule has 18 heavy (non-hydrogen) atoms. The Morgan fingerprint density at radius 2 is 1.94 bits per heavy atom. The van der Waals surface area contributed by atoms with Crippen molar-refractivity contribution in [2.24, 2.45) is 10.9 Å². The zero-order valence-corrected chi connectivity index (χ0v) is 9.74. The lowest BCUT2D eigenvalue weighted by molar-refractivity contribution is 0.318. The molecule has 0 aliphatic heterocycles. The van der Waals surface area contributed by atoms with Gasteiger partial charge in [-0.2, -0.15) is 0 Å². The van der Waals surface area contributed by atoms with E-state index in [1.54, 1.807) is 0 Å². The molecule has 0 unspecified atom stereocenters. The predicted molar refractivity (Wildman–Crippen MR) is 65.8 cm³/mol. The van der Waals surface area contributed by atoms with Crippen LogP contribution in [-0.4, -0.2) is 21.0 Å². The van der Waals surface area contributed by atoms with Crippen molar-refractivity contribution in [3.8, 4) is 11.6 Å². The Hall–Kier alpha value is -2.63. The van der Waals surface area contributed by atoms with E-state index in [9.17, 15) is 0 Å². The lowest BCUT2D eigenvalue weighted by Gasteiger charge is -2.04. The summed E-state index contributed by atoms with van der Waals surface area (Å²) in [4.78, 5) is 7.97. The highest BCUT2D eigenvalue weighted by Gasteiger charge is 2.03. The molecule has 0 amide bonds. The normalized spacial score (nSPS) is 11.3. The minimum absolute atomic E-state index is 0.0932. The summed E-state index contributed by atoms with van der Waals surface area (Å²) in [5, 5.41) is 11.3. The monoisotopic (exact) mass is 244 g/mol. The van der Waals surface area contributed by atoms with Crippen LogP contribution >= 0.6 is 0 Å². The highest BCUT2D eigenvalue weighted by Crippen LogP contribution is 2.18. The smallest absolute Gasteiger partial charge is 0.237 e. The molecule has 2 rings (SSSR count). The van der Waals surface area contributed by atoms with E-state index < -0.39 is 0 Å². The second-order valence-electron chi connectivity index (χ2n) is 3.64. The first-order valence-electron chi connectivity index (χ1n) is 5.23. The summed E-state index contributed by atoms with van der Waals surface area (Å²) < 4.78 is 5.48. The molecule has 2 aromatic rings. The number of oxime groups is 1. The van der Waals surface area contributed by atoms with Crippen LogP contribution in [0.15, 0.2) is 41.8 Å². The van der Waals surface area contributed by atoms with E-state index in [1.807, 2.05) is 31.2 Å². The minimum Gasteiger partial charge on any atom is -0.438 e. The molecule has 1 aromatic carbocycles. The van der Waals surface area contributed by atoms with Gasteiger partial charge in [0.1, 0.15) is 11.4 Å². The van der Waals surface area contributed by atoms with Crippen LogP contribution in [0.5, 0.6) is 11.6 Å². The third kappa shape index (κ3) is 2.73. The minimum atomic E-state index is -0.0932. The quantitative estimate of drug-likeness (QED) is 0.371. The van der Waals surface area contributed by atoms with Crippen LogP contribution in [0.1, 0.15) is 11.3 Å². The number of amidine groups is 1. The zero-order chi connectivity index (χ0) is 13.0. The van der Waals surface area contributed by atoms with Gasteiger partial charge in [0, 0.05) is 0 Å². The van der Waals surface area contributed by atoms with E-state index in [2.05, 4.69) is 15.1 Å². The number of hydrogen-bond acceptors (Lipinski definition) is 5. The van der Waals surface area contributed by atoms with E-state index in [4.69, 9.17) is 15.7 Å². The molecule has 0 bridgehead atoms. The van der Waals surface area contributed by atoms with Gasteiger partial charge in [0.15, 0.2) is 5.84 Å². The SMILES string of the molecule is Cc1ccc(Oc2cnc(C(N)=NO)cn2)cc1. The van der Waals surface area contributed by atoms with Gasteiger partial charge in [-0.05, 0) is 19.1 Å². The highest BCUT2D eigenvalue weighted by molar-refractivity contribution is 5.94. The molecule has 0 saturated carbocycles. The van der Waals surface area contributed by atoms with Crippen LogP contribution in [0, 0.1) is 6.92 Å². The average molecular weight is 244 g/mol. The van der Waals surface area contributed by atoms with Crippen LogP contribution in [0.25, 0.3) is 0 Å². The first kappa shape index (κ1) is 11.8. The fourth-order valence-electron chi connectivity index (χ4n) is 1.28. The van der Waals surface area contributed by atoms with E-state index >= 15 is 0 Å². The van der Waals surface area contributed by atoms with Crippen molar-refractivity contribution in [2.45, 2.75) is 6.92 Å². The van der Waals surface area contributed by atoms with E-state index in [-0.39, 0.29) is 11.5 Å². The van der Waals surface area contributed by atoms with Crippen LogP contribution < -0.4 is 10.5 Å². The Kier molecular flexibility index (Phi) is 3.38. The van der Waals surface area contributed by atoms with Crippen molar-refractivity contribution < 1.29 is 9.94 Å². The molecule has 6 heteroatoms. The molecular formula is C12H12N4O2. The largest absolute Gasteiger partial charge is 0.438 e. The van der Waals surface area contributed by atoms with Gasteiger partial charge in [-0.3, -0.25) is 0 Å². The van der Waals surface area contributed by atoms with Gasteiger partial charge in [0.25, 0.3) is 0 Å². The number of aryl methyl sites for hydroxylation is 1. The number of nitrogens with zero attached hydrogens (tertiary/aromatic N) is 3. The molecule has 0 radical (unpaired) electrons. The first-order chi connectivity index (χ1) is 8.69. The number of benzene rings is 1. The maximum Gasteiger partial charge on any atom is 0.237 e. The maximum atomic E-state index is 8.48. The van der Waals surface area contributed by atoms with Gasteiger partial charge in [-0.1, -0.05) is 22.9 Å². The number of rotatable bonds is 3. The summed E-state index contributed by atoms with van der Waals surface area (Å²) in [5.74, 6) is 0.921. The molecule has 0 aliphatic rings. The predicted octanol–water partition coefficient (Wildman–Crippen LogP) is 1.67. The topological polar surface area (TPSA) is 93.6 Å². The lowest BCUT2D eigenvalue weighted by atomic mass is 10.2. The summed E-state index contributed by atoms with van der Waals surface area (Å²) in [6.07, 6.45) is 2.78. The fraction of sp³-hybridized carbons (Fsp3) is 0.0833. The number of ether oxygens (including phenoxy) is 1. The molecule has 0 saturated heterocycles. The molecule has 0 aliphatic carbocycles. The van der Waals surface area contributed by atoms with Crippen LogP contribution in [0.2, 0.25) is 0 Å². The highest BCUT2D eigenvalue weighted by atomic mass is 16.5. The summed E-state index contributed by atoms with van der Waals surface area (Å²) >= 11 is 0. The Morgan fingerprint density at radius 3 is 2.50 bits per heavy atom. The first-order valence-corrected chi connectivity index (χ1v) is 5.23. The van der Waals surface area contributed by atoms with E-state index in [0.29, 0.717) is 11.6 Å². The van der Waals surface area contributed by atoms with E-state index in [0.717, 1.165) is 5.56 Å². The number of aromatic nitrogens is 2. The van der Waals surface area contributed by atoms with Gasteiger partial charge >= 0.3 is 0 Å². The van der Waals surface area contributed by atoms with Gasteiger partial charge < -0.3 is 15.7 Å². The summed E-state index contributed by atoms with van der Waals surface area (Å²) in [6, 6.07) is 7.56. The van der Waals surface area contributed by atoms with Crippen LogP contribution in [0.4, 0.5) is 0 Å². The zero-order valence-electron chi connectivity index (χ0n) is 9.74. The molecule has 1 aromatic heterocycles. The maximum absolute atomic E-state index is 8.48. The Balaban J connectivity index is 2.13. The lowest BCUT2D eigenvalue weighted by Crippen LogP contribution is -2.15. The number of hydrogen-bond donors (Lipinski definition) is 2. The third-order valence-electron chi connectivity index (χ3n) is 2.24. The fourth-order valence-corrected chi connectivity index (χ4v) is 1.28. The van der Waals surface area contributed by atoms with Gasteiger partial charge in [-0.15, -0.1) is 0 Å². The van der Waals surface area contributed by atoms with Crippen molar-refractivity contribution in [2.75, 3.05) is 0 Å². The van der Waals surface area contributed by atoms with Crippen molar-refractivity contribution in [1.82, 2.24) is 9.97 Å². The van der Waals surface area contributed by atoms with Crippen molar-refractivity contribution in [3.05, 3.63) is 47.9 Å². The molecule has 0 fully saturated rings. The van der Waals surface area contributed by atoms with Crippen molar-refractivity contribution in [1.29, 1.82) is 0 Å². The van der Waals surface area contributed by atoms with Gasteiger partial charge in [0.2, 0.25) is 5.88 Å². The average Bonchev–Trinajstić information content (AvgIpc) is 2.41. The molecule has 92 valence electrons. The summed E-state index contributed by atoms with van der Waals surface area (Å²) in [6.45, 7) is 2.00. The standard InChI is InChI=1S/C12H12N4O2/c1-8-2-4-9(5-3-8)18-11-7-14-10(6-15-11)12(13)16-17/h2-7,17H,1H3,(H2,13,16). The van der Waals surface area contributed by atoms with Crippen LogP contribution in [-0.2, 0) is 0 Å². The van der Waals surface area contributed by atoms with Gasteiger partial charge in [-0.25, -0.2) is 9.97 Å². The molecule has 0 spiro atoms. The molecule has 0 atom stereocenters. The van der Waals surface area contributed by atoms with Crippen molar-refractivity contribution >= 4 is 5.84 Å². The Labute approximate surface area is 104 Å². The van der Waals surface area contributed by atoms with E-state index in [1.165, 1.54) is 12.4 Å². The summed E-state index contributed by atoms with van der Waals surface area (Å²) in [5.41, 5.74) is 6.80. The van der Waals surface area contributed by atoms with Gasteiger partial charge in [0.05, 0.1) is 12.4 Å². The molecular weight excluding hydrogens is 232 g/mol. The number of nitrogens with two attached hydrogens (primary N) is 1. The summed E-state index contributed by atoms with van der Waals surface area (Å²) in [7, 11) is 0. The van der Waals surface area contributed by atoms with Crippen molar-refractivity contribution in [3.63, 3.8) is 0 Å². The van der Waals surface area contributed by atoms with Crippen LogP contribution in [0.3, 0.4) is 0 Å². The molecule has 6 nitrogen and oxygen atoms in total.